The van der Waals surface area contributed by atoms with E-state index < -0.39 is 16.8 Å². The molecule has 2 aliphatic carbocycles. The Bertz CT molecular complexity index is 2010. The van der Waals surface area contributed by atoms with E-state index in [9.17, 15) is 29.3 Å². The van der Waals surface area contributed by atoms with E-state index in [-0.39, 0.29) is 63.8 Å². The van der Waals surface area contributed by atoms with Gasteiger partial charge in [-0.15, -0.1) is 11.8 Å². The molecule has 8 rings (SSSR count). The first-order valence-electron chi connectivity index (χ1n) is 15.0. The second-order valence-electron chi connectivity index (χ2n) is 12.1. The first-order chi connectivity index (χ1) is 22.7. The van der Waals surface area contributed by atoms with Crippen molar-refractivity contribution in [2.75, 3.05) is 16.8 Å². The molecule has 2 aliphatic heterocycles. The van der Waals surface area contributed by atoms with Crippen molar-refractivity contribution in [1.29, 1.82) is 0 Å². The highest BCUT2D eigenvalue weighted by atomic mass is 35.5. The number of aromatic amines is 1. The average Bonchev–Trinajstić information content (AvgIpc) is 3.80. The number of hydrogen-bond donors (Lipinski definition) is 2. The predicted octanol–water partition coefficient (Wildman–Crippen LogP) is 5.69. The zero-order chi connectivity index (χ0) is 32.6. The SMILES string of the molecule is O=C(COc1ccccc1[C@H]1c2sc(=O)[nH]c2SC2C3CC(C4C(=O)N(c5ccc([N+](=O)[O-])cc5)C(=O)C34)C21)Nc1ccc(Cl)cc1. The number of benzene rings is 3. The van der Waals surface area contributed by atoms with Crippen molar-refractivity contribution in [2.24, 2.45) is 29.6 Å². The maximum atomic E-state index is 14.0. The van der Waals surface area contributed by atoms with E-state index in [0.717, 1.165) is 26.8 Å². The van der Waals surface area contributed by atoms with Crippen LogP contribution in [-0.2, 0) is 14.4 Å². The predicted molar refractivity (Wildman–Crippen MR) is 176 cm³/mol. The summed E-state index contributed by atoms with van der Waals surface area (Å²) >= 11 is 8.67. The average molecular weight is 689 g/mol. The maximum absolute atomic E-state index is 14.0. The summed E-state index contributed by atoms with van der Waals surface area (Å²) in [6.07, 6.45) is 0.700. The highest BCUT2D eigenvalue weighted by Gasteiger charge is 2.69. The van der Waals surface area contributed by atoms with Gasteiger partial charge in [0.15, 0.2) is 6.61 Å². The Labute approximate surface area is 280 Å². The molecule has 2 N–H and O–H groups in total. The number of rotatable bonds is 7. The molecule has 238 valence electrons. The number of thiazole rings is 1. The van der Waals surface area contributed by atoms with Gasteiger partial charge >= 0.3 is 4.87 Å². The summed E-state index contributed by atoms with van der Waals surface area (Å²) in [6, 6.07) is 19.7. The molecular weight excluding hydrogens is 664 g/mol. The van der Waals surface area contributed by atoms with E-state index in [1.807, 2.05) is 18.2 Å². The highest BCUT2D eigenvalue weighted by Crippen LogP contribution is 2.69. The van der Waals surface area contributed by atoms with Gasteiger partial charge < -0.3 is 15.0 Å². The van der Waals surface area contributed by atoms with E-state index in [1.165, 1.54) is 29.2 Å². The number of nitrogens with zero attached hydrogens (tertiary/aromatic N) is 2. The molecule has 6 unspecified atom stereocenters. The molecule has 0 radical (unpaired) electrons. The van der Waals surface area contributed by atoms with Crippen molar-refractivity contribution in [2.45, 2.75) is 22.6 Å². The van der Waals surface area contributed by atoms with E-state index >= 15 is 0 Å². The van der Waals surface area contributed by atoms with Crippen LogP contribution >= 0.6 is 34.7 Å². The fourth-order valence-corrected chi connectivity index (χ4v) is 11.1. The molecule has 2 saturated carbocycles. The normalized spacial score (nSPS) is 26.9. The van der Waals surface area contributed by atoms with Gasteiger partial charge in [-0.25, -0.2) is 0 Å². The second-order valence-corrected chi connectivity index (χ2v) is 14.8. The number of halogens is 1. The summed E-state index contributed by atoms with van der Waals surface area (Å²) in [7, 11) is 0. The van der Waals surface area contributed by atoms with Crippen LogP contribution in [0.4, 0.5) is 17.1 Å². The molecule has 3 amide bonds. The zero-order valence-electron chi connectivity index (χ0n) is 24.3. The van der Waals surface area contributed by atoms with Crippen LogP contribution < -0.4 is 19.8 Å². The van der Waals surface area contributed by atoms with Crippen LogP contribution in [0.2, 0.25) is 5.02 Å². The fraction of sp³-hybridized carbons (Fsp3) is 0.273. The molecule has 11 nitrogen and oxygen atoms in total. The third kappa shape index (κ3) is 4.86. The topological polar surface area (TPSA) is 152 Å². The van der Waals surface area contributed by atoms with Crippen LogP contribution in [0.1, 0.15) is 22.8 Å². The van der Waals surface area contributed by atoms with Crippen molar-refractivity contribution in [3.05, 3.63) is 108 Å². The van der Waals surface area contributed by atoms with Crippen LogP contribution in [0.15, 0.2) is 82.6 Å². The van der Waals surface area contributed by atoms with Crippen molar-refractivity contribution in [3.8, 4) is 5.75 Å². The van der Waals surface area contributed by atoms with Gasteiger partial charge in [0.25, 0.3) is 11.6 Å². The standard InChI is InChI=1S/C33H25ClN4O7S2/c34-15-5-7-16(8-6-15)35-23(39)14-45-22-4-2-1-3-19(22)24-25-20-13-21(28(25)46-30-29(24)47-33(42)36-30)27-26(20)31(40)37(32(27)41)17-9-11-18(12-10-17)38(43)44/h1-12,20-21,24-28H,13-14H2,(H,35,39)(H,36,42)/t20?,21?,24-,25?,26?,27?,28?/m1/s1. The number of H-pyrrole nitrogens is 1. The first-order valence-corrected chi connectivity index (χ1v) is 17.1. The molecule has 0 spiro atoms. The second kappa shape index (κ2) is 11.4. The third-order valence-corrected chi connectivity index (χ3v) is 12.6. The number of nitro benzene ring substituents is 1. The summed E-state index contributed by atoms with van der Waals surface area (Å²) in [6.45, 7) is -0.251. The quantitative estimate of drug-likeness (QED) is 0.143. The number of fused-ring (bicyclic) bond motifs is 9. The number of imide groups is 1. The number of para-hydroxylation sites is 1. The van der Waals surface area contributed by atoms with Gasteiger partial charge in [0.1, 0.15) is 5.75 Å². The van der Waals surface area contributed by atoms with Crippen LogP contribution in [0, 0.1) is 39.7 Å². The summed E-state index contributed by atoms with van der Waals surface area (Å²) in [5, 5.41) is 15.3. The molecule has 3 fully saturated rings. The van der Waals surface area contributed by atoms with Gasteiger partial charge in [-0.1, -0.05) is 41.1 Å². The number of non-ortho nitro benzene ring substituents is 1. The van der Waals surface area contributed by atoms with Crippen LogP contribution in [-0.4, -0.2) is 39.5 Å². The minimum Gasteiger partial charge on any atom is -0.483 e. The largest absolute Gasteiger partial charge is 0.483 e. The van der Waals surface area contributed by atoms with Crippen LogP contribution in [0.25, 0.3) is 0 Å². The summed E-state index contributed by atoms with van der Waals surface area (Å²) in [5.41, 5.74) is 1.60. The number of nitrogens with one attached hydrogen (secondary N) is 2. The number of ether oxygens (including phenoxy) is 1. The van der Waals surface area contributed by atoms with E-state index in [0.29, 0.717) is 28.6 Å². The molecule has 47 heavy (non-hydrogen) atoms. The minimum atomic E-state index is -0.539. The third-order valence-electron chi connectivity index (χ3n) is 9.78. The Morgan fingerprint density at radius 1 is 1.00 bits per heavy atom. The van der Waals surface area contributed by atoms with E-state index in [4.69, 9.17) is 16.3 Å². The lowest BCUT2D eigenvalue weighted by molar-refractivity contribution is -0.384. The molecule has 3 aromatic carbocycles. The number of carbonyl (C=O) groups is 3. The molecule has 4 aliphatic rings. The lowest BCUT2D eigenvalue weighted by atomic mass is 9.68. The van der Waals surface area contributed by atoms with Crippen molar-refractivity contribution in [3.63, 3.8) is 0 Å². The summed E-state index contributed by atoms with van der Waals surface area (Å²) < 4.78 is 6.12. The zero-order valence-corrected chi connectivity index (χ0v) is 26.7. The highest BCUT2D eigenvalue weighted by molar-refractivity contribution is 8.00. The Morgan fingerprint density at radius 2 is 1.70 bits per heavy atom. The Balaban J connectivity index is 1.11. The molecule has 7 atom stereocenters. The number of amides is 3. The molecule has 14 heteroatoms. The molecule has 1 saturated heterocycles. The fourth-order valence-electron chi connectivity index (χ4n) is 8.09. The Morgan fingerprint density at radius 3 is 2.43 bits per heavy atom. The van der Waals surface area contributed by atoms with Gasteiger partial charge in [0.2, 0.25) is 11.8 Å². The number of anilines is 2. The minimum absolute atomic E-state index is 0.0428. The smallest absolute Gasteiger partial charge is 0.305 e. The number of thioether (sulfide) groups is 1. The molecular formula is C33H25ClN4O7S2. The maximum Gasteiger partial charge on any atom is 0.305 e. The number of nitro groups is 1. The van der Waals surface area contributed by atoms with Crippen LogP contribution in [0.5, 0.6) is 5.75 Å². The van der Waals surface area contributed by atoms with E-state index in [2.05, 4.69) is 10.3 Å². The lowest BCUT2D eigenvalue weighted by Gasteiger charge is -2.43. The Hall–Kier alpha value is -4.46. The Kier molecular flexibility index (Phi) is 7.23. The van der Waals surface area contributed by atoms with Gasteiger partial charge in [0, 0.05) is 44.5 Å². The number of carbonyl (C=O) groups excluding carboxylic acids is 3. The van der Waals surface area contributed by atoms with Crippen molar-refractivity contribution in [1.82, 2.24) is 4.98 Å². The number of hydrogen-bond acceptors (Lipinski definition) is 9. The summed E-state index contributed by atoms with van der Waals surface area (Å²) in [5.74, 6) is -2.09. The number of aromatic nitrogens is 1. The molecule has 1 aromatic heterocycles. The van der Waals surface area contributed by atoms with Crippen molar-refractivity contribution < 1.29 is 24.0 Å². The van der Waals surface area contributed by atoms with Gasteiger partial charge in [-0.3, -0.25) is 34.2 Å². The lowest BCUT2D eigenvalue weighted by Crippen LogP contribution is -2.42. The van der Waals surface area contributed by atoms with Gasteiger partial charge in [-0.2, -0.15) is 0 Å². The van der Waals surface area contributed by atoms with Gasteiger partial charge in [0.05, 0.1) is 27.5 Å². The first kappa shape index (κ1) is 29.9. The molecule has 3 heterocycles. The molecule has 4 aromatic rings. The van der Waals surface area contributed by atoms with Gasteiger partial charge in [-0.05, 0) is 66.6 Å². The summed E-state index contributed by atoms with van der Waals surface area (Å²) in [4.78, 5) is 68.9. The monoisotopic (exact) mass is 688 g/mol. The molecule has 2 bridgehead atoms. The van der Waals surface area contributed by atoms with Crippen LogP contribution in [0.3, 0.4) is 0 Å². The van der Waals surface area contributed by atoms with E-state index in [1.54, 1.807) is 42.1 Å². The van der Waals surface area contributed by atoms with Crippen molar-refractivity contribution >= 4 is 69.5 Å².